The van der Waals surface area contributed by atoms with E-state index in [9.17, 15) is 0 Å². The van der Waals surface area contributed by atoms with Crippen LogP contribution in [0.2, 0.25) is 0 Å². The molecule has 112 valence electrons. The van der Waals surface area contributed by atoms with Gasteiger partial charge in [-0.25, -0.2) is 4.68 Å². The van der Waals surface area contributed by atoms with Gasteiger partial charge in [0.05, 0.1) is 11.9 Å². The Labute approximate surface area is 131 Å². The molecule has 0 unspecified atom stereocenters. The summed E-state index contributed by atoms with van der Waals surface area (Å²) in [5.74, 6) is 0. The maximum atomic E-state index is 4.45. The van der Waals surface area contributed by atoms with Crippen LogP contribution < -0.4 is 5.32 Å². The van der Waals surface area contributed by atoms with Crippen LogP contribution in [0.3, 0.4) is 0 Å². The zero-order chi connectivity index (χ0) is 14.5. The minimum atomic E-state index is 0.675. The van der Waals surface area contributed by atoms with Gasteiger partial charge in [-0.05, 0) is 44.1 Å². The van der Waals surface area contributed by atoms with Crippen LogP contribution in [0.5, 0.6) is 0 Å². The Morgan fingerprint density at radius 1 is 1.19 bits per heavy atom. The molecule has 1 heterocycles. The topological polar surface area (TPSA) is 29.9 Å². The van der Waals surface area contributed by atoms with Gasteiger partial charge in [-0.3, -0.25) is 0 Å². The first-order chi connectivity index (χ1) is 10.3. The van der Waals surface area contributed by atoms with Crippen molar-refractivity contribution in [3.8, 4) is 5.69 Å². The van der Waals surface area contributed by atoms with Crippen LogP contribution in [0.15, 0.2) is 42.7 Å². The molecular weight excluding hydrogens is 278 g/mol. The van der Waals surface area contributed by atoms with Crippen LogP contribution in [0.25, 0.3) is 5.69 Å². The second-order valence-electron chi connectivity index (χ2n) is 5.72. The average Bonchev–Trinajstić information content (AvgIpc) is 3.03. The van der Waals surface area contributed by atoms with Gasteiger partial charge < -0.3 is 5.32 Å². The lowest BCUT2D eigenvalue weighted by molar-refractivity contribution is 0.379. The van der Waals surface area contributed by atoms with Crippen molar-refractivity contribution in [1.29, 1.82) is 0 Å². The van der Waals surface area contributed by atoms with Gasteiger partial charge in [0, 0.05) is 29.6 Å². The average molecular weight is 301 g/mol. The van der Waals surface area contributed by atoms with Crippen LogP contribution in [-0.4, -0.2) is 27.3 Å². The third-order valence-electron chi connectivity index (χ3n) is 4.26. The molecule has 1 saturated carbocycles. The Kier molecular flexibility index (Phi) is 4.99. The van der Waals surface area contributed by atoms with E-state index in [0.717, 1.165) is 17.5 Å². The van der Waals surface area contributed by atoms with Gasteiger partial charge >= 0.3 is 0 Å². The van der Waals surface area contributed by atoms with Crippen LogP contribution in [0, 0.1) is 0 Å². The first kappa shape index (κ1) is 14.7. The summed E-state index contributed by atoms with van der Waals surface area (Å²) in [6.07, 6.45) is 11.6. The van der Waals surface area contributed by atoms with Gasteiger partial charge in [-0.2, -0.15) is 16.9 Å². The van der Waals surface area contributed by atoms with Gasteiger partial charge in [0.1, 0.15) is 0 Å². The van der Waals surface area contributed by atoms with Crippen LogP contribution >= 0.6 is 11.8 Å². The molecule has 1 aromatic carbocycles. The van der Waals surface area contributed by atoms with E-state index in [1.165, 1.54) is 31.2 Å². The highest BCUT2D eigenvalue weighted by molar-refractivity contribution is 7.99. The summed E-state index contributed by atoms with van der Waals surface area (Å²) in [6, 6.07) is 10.9. The normalized spacial score (nSPS) is 22.3. The summed E-state index contributed by atoms with van der Waals surface area (Å²) < 4.78 is 1.95. The molecule has 1 N–H and O–H groups in total. The molecule has 3 rings (SSSR count). The van der Waals surface area contributed by atoms with Crippen LogP contribution in [0.1, 0.15) is 31.2 Å². The smallest absolute Gasteiger partial charge is 0.0645 e. The predicted octanol–water partition coefficient (Wildman–Crippen LogP) is 3.64. The van der Waals surface area contributed by atoms with E-state index in [4.69, 9.17) is 0 Å². The number of nitrogens with one attached hydrogen (secondary N) is 1. The van der Waals surface area contributed by atoms with Gasteiger partial charge in [0.25, 0.3) is 0 Å². The highest BCUT2D eigenvalue weighted by Crippen LogP contribution is 2.26. The maximum absolute atomic E-state index is 4.45. The maximum Gasteiger partial charge on any atom is 0.0645 e. The second-order valence-corrected chi connectivity index (χ2v) is 6.86. The van der Waals surface area contributed by atoms with Gasteiger partial charge in [0.2, 0.25) is 0 Å². The number of para-hydroxylation sites is 1. The Morgan fingerprint density at radius 2 is 1.95 bits per heavy atom. The Morgan fingerprint density at radius 3 is 2.67 bits per heavy atom. The SMILES string of the molecule is CSC1CCC(NCc2cnn(-c3ccccc3)c2)CC1. The molecule has 0 aliphatic heterocycles. The molecule has 1 fully saturated rings. The quantitative estimate of drug-likeness (QED) is 0.914. The van der Waals surface area contributed by atoms with Crippen molar-refractivity contribution in [2.75, 3.05) is 6.26 Å². The van der Waals surface area contributed by atoms with E-state index in [1.807, 2.05) is 40.8 Å². The molecule has 3 nitrogen and oxygen atoms in total. The molecule has 21 heavy (non-hydrogen) atoms. The number of thioether (sulfide) groups is 1. The van der Waals surface area contributed by atoms with E-state index in [0.29, 0.717) is 6.04 Å². The third kappa shape index (κ3) is 3.89. The monoisotopic (exact) mass is 301 g/mol. The summed E-state index contributed by atoms with van der Waals surface area (Å²) in [6.45, 7) is 0.918. The van der Waals surface area contributed by atoms with Crippen molar-refractivity contribution in [1.82, 2.24) is 15.1 Å². The molecule has 1 aromatic heterocycles. The molecule has 1 aliphatic rings. The highest BCUT2D eigenvalue weighted by Gasteiger charge is 2.19. The van der Waals surface area contributed by atoms with E-state index in [-0.39, 0.29) is 0 Å². The van der Waals surface area contributed by atoms with E-state index in [1.54, 1.807) is 0 Å². The summed E-state index contributed by atoms with van der Waals surface area (Å²) in [4.78, 5) is 0. The summed E-state index contributed by atoms with van der Waals surface area (Å²) in [5, 5.41) is 9.01. The Bertz CT molecular complexity index is 544. The van der Waals surface area contributed by atoms with Crippen molar-refractivity contribution in [3.63, 3.8) is 0 Å². The van der Waals surface area contributed by atoms with Crippen molar-refractivity contribution in [3.05, 3.63) is 48.3 Å². The summed E-state index contributed by atoms with van der Waals surface area (Å²) in [5.41, 5.74) is 2.37. The molecule has 0 radical (unpaired) electrons. The summed E-state index contributed by atoms with van der Waals surface area (Å²) in [7, 11) is 0. The van der Waals surface area contributed by atoms with Gasteiger partial charge in [0.15, 0.2) is 0 Å². The predicted molar refractivity (Wildman–Crippen MR) is 90.0 cm³/mol. The molecule has 0 spiro atoms. The fourth-order valence-corrected chi connectivity index (χ4v) is 3.68. The van der Waals surface area contributed by atoms with E-state index >= 15 is 0 Å². The van der Waals surface area contributed by atoms with Crippen molar-refractivity contribution in [2.24, 2.45) is 0 Å². The number of hydrogen-bond acceptors (Lipinski definition) is 3. The molecule has 0 amide bonds. The Hall–Kier alpha value is -1.26. The highest BCUT2D eigenvalue weighted by atomic mass is 32.2. The number of nitrogens with zero attached hydrogens (tertiary/aromatic N) is 2. The minimum Gasteiger partial charge on any atom is -0.310 e. The van der Waals surface area contributed by atoms with Crippen molar-refractivity contribution >= 4 is 11.8 Å². The van der Waals surface area contributed by atoms with E-state index < -0.39 is 0 Å². The Balaban J connectivity index is 1.52. The first-order valence-electron chi connectivity index (χ1n) is 7.70. The lowest BCUT2D eigenvalue weighted by Gasteiger charge is -2.28. The number of rotatable bonds is 5. The lowest BCUT2D eigenvalue weighted by Crippen LogP contribution is -2.33. The number of aromatic nitrogens is 2. The lowest BCUT2D eigenvalue weighted by atomic mass is 9.95. The molecule has 2 aromatic rings. The van der Waals surface area contributed by atoms with Gasteiger partial charge in [-0.1, -0.05) is 18.2 Å². The molecule has 0 saturated heterocycles. The largest absolute Gasteiger partial charge is 0.310 e. The molecule has 1 aliphatic carbocycles. The zero-order valence-electron chi connectivity index (χ0n) is 12.5. The summed E-state index contributed by atoms with van der Waals surface area (Å²) >= 11 is 2.02. The fraction of sp³-hybridized carbons (Fsp3) is 0.471. The standard InChI is InChI=1S/C17H23N3S/c1-21-17-9-7-15(8-10-17)18-11-14-12-19-20(13-14)16-5-3-2-4-6-16/h2-6,12-13,15,17-18H,7-11H2,1H3. The van der Waals surface area contributed by atoms with Crippen molar-refractivity contribution in [2.45, 2.75) is 43.5 Å². The number of hydrogen-bond donors (Lipinski definition) is 1. The molecular formula is C17H23N3S. The minimum absolute atomic E-state index is 0.675. The molecule has 4 heteroatoms. The van der Waals surface area contributed by atoms with Crippen LogP contribution in [0.4, 0.5) is 0 Å². The zero-order valence-corrected chi connectivity index (χ0v) is 13.4. The number of benzene rings is 1. The first-order valence-corrected chi connectivity index (χ1v) is 8.99. The van der Waals surface area contributed by atoms with Crippen molar-refractivity contribution < 1.29 is 0 Å². The third-order valence-corrected chi connectivity index (χ3v) is 5.40. The fourth-order valence-electron chi connectivity index (χ4n) is 2.94. The van der Waals surface area contributed by atoms with E-state index in [2.05, 4.69) is 35.0 Å². The van der Waals surface area contributed by atoms with Crippen LogP contribution in [-0.2, 0) is 6.54 Å². The van der Waals surface area contributed by atoms with Gasteiger partial charge in [-0.15, -0.1) is 0 Å². The molecule has 0 bridgehead atoms. The molecule has 0 atom stereocenters. The second kappa shape index (κ2) is 7.14.